The third-order valence-electron chi connectivity index (χ3n) is 11.5. The van der Waals surface area contributed by atoms with Gasteiger partial charge in [-0.15, -0.1) is 0 Å². The van der Waals surface area contributed by atoms with Gasteiger partial charge in [-0.25, -0.2) is 0 Å². The van der Waals surface area contributed by atoms with Crippen molar-refractivity contribution < 1.29 is 33.8 Å². The number of methoxy groups -OCH3 is 2. The summed E-state index contributed by atoms with van der Waals surface area (Å²) in [6, 6.07) is 6.94. The molecule has 0 bridgehead atoms. The van der Waals surface area contributed by atoms with Gasteiger partial charge in [-0.05, 0) is 64.2 Å². The molecule has 0 radical (unpaired) electrons. The first kappa shape index (κ1) is 46.3. The van der Waals surface area contributed by atoms with E-state index < -0.39 is 42.4 Å². The quantitative estimate of drug-likeness (QED) is 0.168. The average molecular weight is 746 g/mol. The third kappa shape index (κ3) is 12.0. The summed E-state index contributed by atoms with van der Waals surface area (Å²) in [6.07, 6.45) is 1.05. The number of nitrogens with one attached hydrogen (secondary N) is 2. The number of hydrogen-bond acceptors (Lipinski definition) is 9. The molecule has 1 aromatic carbocycles. The van der Waals surface area contributed by atoms with Gasteiger partial charge in [0.05, 0.1) is 54.8 Å². The van der Waals surface area contributed by atoms with Gasteiger partial charge in [-0.2, -0.15) is 0 Å². The minimum absolute atomic E-state index is 0.00918. The number of benzene rings is 1. The van der Waals surface area contributed by atoms with Crippen LogP contribution < -0.4 is 10.6 Å². The van der Waals surface area contributed by atoms with Crippen molar-refractivity contribution in [1.82, 2.24) is 25.3 Å². The summed E-state index contributed by atoms with van der Waals surface area (Å²) in [5.74, 6) is -1.66. The van der Waals surface area contributed by atoms with Crippen LogP contribution in [0.25, 0.3) is 0 Å². The van der Waals surface area contributed by atoms with Crippen molar-refractivity contribution >= 4 is 23.6 Å². The average Bonchev–Trinajstić information content (AvgIpc) is 3.60. The molecule has 11 atom stereocenters. The van der Waals surface area contributed by atoms with Crippen molar-refractivity contribution in [3.05, 3.63) is 35.9 Å². The lowest BCUT2D eigenvalue weighted by Crippen LogP contribution is -2.60. The van der Waals surface area contributed by atoms with Crippen molar-refractivity contribution in [2.75, 3.05) is 41.9 Å². The molecule has 302 valence electrons. The Morgan fingerprint density at radius 3 is 1.96 bits per heavy atom. The highest BCUT2D eigenvalue weighted by atomic mass is 16.5. The normalized spacial score (nSPS) is 20.6. The summed E-state index contributed by atoms with van der Waals surface area (Å²) in [6.45, 7) is 16.2. The van der Waals surface area contributed by atoms with Gasteiger partial charge in [0, 0.05) is 26.8 Å². The van der Waals surface area contributed by atoms with Crippen molar-refractivity contribution in [1.29, 1.82) is 0 Å². The summed E-state index contributed by atoms with van der Waals surface area (Å²) in [7, 11) is 8.73. The molecule has 0 unspecified atom stereocenters. The first-order chi connectivity index (χ1) is 25.0. The predicted octanol–water partition coefficient (Wildman–Crippen LogP) is 4.26. The molecule has 2 rings (SSSR count). The molecule has 0 aliphatic carbocycles. The molecule has 3 N–H and O–H groups in total. The summed E-state index contributed by atoms with van der Waals surface area (Å²) < 4.78 is 12.0. The second kappa shape index (κ2) is 21.9. The topological polar surface area (TPSA) is 141 Å². The van der Waals surface area contributed by atoms with Crippen molar-refractivity contribution in [3.8, 4) is 0 Å². The smallest absolute Gasteiger partial charge is 0.244 e. The largest absolute Gasteiger partial charge is 0.386 e. The van der Waals surface area contributed by atoms with E-state index in [0.29, 0.717) is 24.9 Å². The van der Waals surface area contributed by atoms with Gasteiger partial charge in [-0.3, -0.25) is 34.3 Å². The Bertz CT molecular complexity index is 1290. The van der Waals surface area contributed by atoms with Crippen LogP contribution in [0.1, 0.15) is 99.2 Å². The molecule has 0 spiro atoms. The number of carbonyl (C=O) groups is 4. The number of nitrogens with zero attached hydrogens (tertiary/aromatic N) is 3. The molecule has 4 amide bonds. The van der Waals surface area contributed by atoms with Gasteiger partial charge >= 0.3 is 0 Å². The molecule has 1 fully saturated rings. The van der Waals surface area contributed by atoms with E-state index in [2.05, 4.69) is 24.5 Å². The SMILES string of the molecule is CC[C@H](C)[C@@H]([C@@H](CC(=O)N1CCC[C@H]1[C@H](OC)[C@@H](C)C(=O)N[C@H](C)[C@@H](O)c1ccccc1)OC)N(C)[C@H](C(=O)NC(=O)[C@H](C(C)C)N(C)C)[C@@H](C)CC. The summed E-state index contributed by atoms with van der Waals surface area (Å²) >= 11 is 0. The number of likely N-dealkylation sites (tertiary alicyclic amines) is 1. The van der Waals surface area contributed by atoms with Crippen molar-refractivity contribution in [2.45, 2.75) is 136 Å². The Morgan fingerprint density at radius 2 is 1.45 bits per heavy atom. The highest BCUT2D eigenvalue weighted by Crippen LogP contribution is 2.31. The van der Waals surface area contributed by atoms with E-state index in [9.17, 15) is 24.3 Å². The van der Waals surface area contributed by atoms with Crippen LogP contribution in [0.15, 0.2) is 30.3 Å². The second-order valence-electron chi connectivity index (χ2n) is 15.8. The van der Waals surface area contributed by atoms with E-state index in [1.807, 2.05) is 93.9 Å². The van der Waals surface area contributed by atoms with Crippen LogP contribution >= 0.6 is 0 Å². The predicted molar refractivity (Wildman–Crippen MR) is 209 cm³/mol. The number of likely N-dealkylation sites (N-methyl/N-ethyl adjacent to an activating group) is 2. The number of aliphatic hydroxyl groups excluding tert-OH is 1. The zero-order chi connectivity index (χ0) is 40.2. The maximum absolute atomic E-state index is 14.3. The lowest BCUT2D eigenvalue weighted by molar-refractivity contribution is -0.144. The van der Waals surface area contributed by atoms with Gasteiger partial charge in [0.25, 0.3) is 0 Å². The molecule has 1 heterocycles. The van der Waals surface area contributed by atoms with Gasteiger partial charge in [-0.1, -0.05) is 91.6 Å². The van der Waals surface area contributed by atoms with Crippen LogP contribution in [0.4, 0.5) is 0 Å². The van der Waals surface area contributed by atoms with E-state index in [1.165, 1.54) is 0 Å². The van der Waals surface area contributed by atoms with Crippen LogP contribution in [-0.4, -0.2) is 128 Å². The van der Waals surface area contributed by atoms with Crippen LogP contribution in [-0.2, 0) is 28.7 Å². The number of imide groups is 1. The molecular formula is C41H71N5O7. The Balaban J connectivity index is 2.30. The van der Waals surface area contributed by atoms with E-state index in [4.69, 9.17) is 9.47 Å². The minimum Gasteiger partial charge on any atom is -0.386 e. The van der Waals surface area contributed by atoms with Crippen molar-refractivity contribution in [3.63, 3.8) is 0 Å². The van der Waals surface area contributed by atoms with Crippen molar-refractivity contribution in [2.24, 2.45) is 23.7 Å². The minimum atomic E-state index is -0.873. The van der Waals surface area contributed by atoms with Crippen LogP contribution in [0, 0.1) is 23.7 Å². The van der Waals surface area contributed by atoms with Crippen LogP contribution in [0.3, 0.4) is 0 Å². The van der Waals surface area contributed by atoms with E-state index >= 15 is 0 Å². The molecule has 1 saturated heterocycles. The molecule has 12 heteroatoms. The maximum Gasteiger partial charge on any atom is 0.244 e. The Morgan fingerprint density at radius 1 is 0.868 bits per heavy atom. The van der Waals surface area contributed by atoms with Gasteiger partial charge in [0.15, 0.2) is 0 Å². The lowest BCUT2D eigenvalue weighted by Gasteiger charge is -2.43. The summed E-state index contributed by atoms with van der Waals surface area (Å²) in [4.78, 5) is 60.7. The zero-order valence-electron chi connectivity index (χ0n) is 34.8. The lowest BCUT2D eigenvalue weighted by atomic mass is 9.87. The van der Waals surface area contributed by atoms with E-state index in [-0.39, 0.29) is 59.9 Å². The first-order valence-electron chi connectivity index (χ1n) is 19.6. The third-order valence-corrected chi connectivity index (χ3v) is 11.5. The second-order valence-corrected chi connectivity index (χ2v) is 15.8. The monoisotopic (exact) mass is 746 g/mol. The molecular weight excluding hydrogens is 674 g/mol. The number of carbonyl (C=O) groups excluding carboxylic acids is 4. The van der Waals surface area contributed by atoms with Crippen LogP contribution in [0.5, 0.6) is 0 Å². The molecule has 53 heavy (non-hydrogen) atoms. The first-order valence-corrected chi connectivity index (χ1v) is 19.6. The molecule has 0 aromatic heterocycles. The Kier molecular flexibility index (Phi) is 19.1. The standard InChI is InChI=1S/C41H71N5O7/c1-14-26(5)35(45(11)36(27(6)15-2)41(51)43-40(50)34(25(3)4)44(9)10)32(52-12)24-33(47)46-23-19-22-31(46)38(53-13)28(7)39(49)42-29(8)37(48)30-20-17-16-18-21-30/h16-18,20-21,25-29,31-32,34-38,48H,14-15,19,22-24H2,1-13H3,(H,42,49)(H,43,50,51)/t26-,27-,28+,29+,31-,32+,34-,35-,36-,37+,38+/m0/s1. The van der Waals surface area contributed by atoms with Gasteiger partial charge in [0.1, 0.15) is 0 Å². The number of amides is 4. The Labute approximate surface area is 319 Å². The fraction of sp³-hybridized carbons (Fsp3) is 0.756. The molecule has 1 aliphatic heterocycles. The fourth-order valence-corrected chi connectivity index (χ4v) is 8.22. The zero-order valence-corrected chi connectivity index (χ0v) is 34.8. The highest BCUT2D eigenvalue weighted by Gasteiger charge is 2.44. The van der Waals surface area contributed by atoms with E-state index in [0.717, 1.165) is 12.8 Å². The maximum atomic E-state index is 14.3. The number of rotatable bonds is 21. The molecule has 0 saturated carbocycles. The summed E-state index contributed by atoms with van der Waals surface area (Å²) in [5, 5.41) is 16.5. The molecule has 12 nitrogen and oxygen atoms in total. The summed E-state index contributed by atoms with van der Waals surface area (Å²) in [5.41, 5.74) is 0.714. The number of aliphatic hydroxyl groups is 1. The number of hydrogen-bond donors (Lipinski definition) is 3. The van der Waals surface area contributed by atoms with Crippen LogP contribution in [0.2, 0.25) is 0 Å². The molecule has 1 aromatic rings. The fourth-order valence-electron chi connectivity index (χ4n) is 8.22. The van der Waals surface area contributed by atoms with Gasteiger partial charge in [0.2, 0.25) is 23.6 Å². The number of ether oxygens (including phenoxy) is 2. The van der Waals surface area contributed by atoms with E-state index in [1.54, 1.807) is 28.1 Å². The van der Waals surface area contributed by atoms with Gasteiger partial charge < -0.3 is 24.8 Å². The highest BCUT2D eigenvalue weighted by molar-refractivity contribution is 6.00. The molecule has 1 aliphatic rings. The Hall–Kier alpha value is -2.90.